The molecule has 0 unspecified atom stereocenters. The molecule has 1 aromatic rings. The van der Waals surface area contributed by atoms with Crippen LogP contribution in [0.15, 0.2) is 24.3 Å². The van der Waals surface area contributed by atoms with Crippen LogP contribution in [0.1, 0.15) is 38.2 Å². The molecule has 2 rings (SSSR count). The Balaban J connectivity index is 1.91. The lowest BCUT2D eigenvalue weighted by Crippen LogP contribution is -2.42. The first-order valence-corrected chi connectivity index (χ1v) is 8.03. The Kier molecular flexibility index (Phi) is 6.05. The van der Waals surface area contributed by atoms with Gasteiger partial charge in [0, 0.05) is 25.3 Å². The Bertz CT molecular complexity index is 438. The quantitative estimate of drug-likeness (QED) is 0.819. The molecule has 0 aromatic heterocycles. The van der Waals surface area contributed by atoms with E-state index < -0.39 is 0 Å². The Labute approximate surface area is 127 Å². The van der Waals surface area contributed by atoms with Crippen LogP contribution in [0.5, 0.6) is 0 Å². The molecular formula is C17H27N3O. The molecule has 0 radical (unpaired) electrons. The van der Waals surface area contributed by atoms with E-state index in [9.17, 15) is 4.79 Å². The molecule has 0 saturated carbocycles. The van der Waals surface area contributed by atoms with Crippen LogP contribution >= 0.6 is 0 Å². The fourth-order valence-corrected chi connectivity index (χ4v) is 2.85. The molecule has 4 heteroatoms. The third kappa shape index (κ3) is 5.05. The second kappa shape index (κ2) is 8.03. The average Bonchev–Trinajstić information content (AvgIpc) is 2.50. The van der Waals surface area contributed by atoms with Gasteiger partial charge in [-0.1, -0.05) is 19.1 Å². The van der Waals surface area contributed by atoms with Gasteiger partial charge in [0.1, 0.15) is 0 Å². The summed E-state index contributed by atoms with van der Waals surface area (Å²) >= 11 is 0. The Morgan fingerprint density at radius 3 is 2.48 bits per heavy atom. The Hall–Kier alpha value is -1.55. The number of piperidine rings is 1. The number of carbonyl (C=O) groups excluding carboxylic acids is 1. The summed E-state index contributed by atoms with van der Waals surface area (Å²) in [5.74, 6) is 0.276. The molecule has 1 aromatic carbocycles. The molecule has 1 heterocycles. The van der Waals surface area contributed by atoms with Gasteiger partial charge in [0.25, 0.3) is 0 Å². The number of carbonyl (C=O) groups is 1. The largest absolute Gasteiger partial charge is 0.399 e. The van der Waals surface area contributed by atoms with Crippen molar-refractivity contribution in [2.45, 2.75) is 39.2 Å². The van der Waals surface area contributed by atoms with Crippen LogP contribution in [-0.4, -0.2) is 41.9 Å². The van der Waals surface area contributed by atoms with Gasteiger partial charge >= 0.3 is 0 Å². The molecule has 1 aliphatic rings. The molecule has 1 aliphatic heterocycles. The first kappa shape index (κ1) is 15.8. The van der Waals surface area contributed by atoms with E-state index in [4.69, 9.17) is 5.73 Å². The van der Waals surface area contributed by atoms with Crippen LogP contribution in [-0.2, 0) is 11.3 Å². The van der Waals surface area contributed by atoms with Gasteiger partial charge < -0.3 is 10.6 Å². The van der Waals surface area contributed by atoms with Crippen molar-refractivity contribution in [2.24, 2.45) is 0 Å². The number of nitrogen functional groups attached to an aromatic ring is 1. The smallest absolute Gasteiger partial charge is 0.236 e. The summed E-state index contributed by atoms with van der Waals surface area (Å²) in [5.41, 5.74) is 7.71. The number of likely N-dealkylation sites (tertiary alicyclic amines) is 1. The van der Waals surface area contributed by atoms with Gasteiger partial charge in [0.15, 0.2) is 0 Å². The standard InChI is InChI=1S/C17H27N3O/c1-2-10-19(13-15-6-8-16(18)9-7-15)14-17(21)20-11-4-3-5-12-20/h6-9H,2-5,10-14,18H2,1H3. The highest BCUT2D eigenvalue weighted by molar-refractivity contribution is 5.78. The van der Waals surface area contributed by atoms with E-state index in [-0.39, 0.29) is 5.91 Å². The molecule has 4 nitrogen and oxygen atoms in total. The van der Waals surface area contributed by atoms with Gasteiger partial charge in [0.05, 0.1) is 6.54 Å². The van der Waals surface area contributed by atoms with E-state index in [0.29, 0.717) is 6.54 Å². The highest BCUT2D eigenvalue weighted by Crippen LogP contribution is 2.12. The molecule has 0 bridgehead atoms. The van der Waals surface area contributed by atoms with Crippen molar-refractivity contribution in [3.05, 3.63) is 29.8 Å². The first-order chi connectivity index (χ1) is 10.2. The second-order valence-corrected chi connectivity index (χ2v) is 5.89. The summed E-state index contributed by atoms with van der Waals surface area (Å²) in [5, 5.41) is 0. The highest BCUT2D eigenvalue weighted by atomic mass is 16.2. The molecule has 0 aliphatic carbocycles. The minimum absolute atomic E-state index is 0.276. The summed E-state index contributed by atoms with van der Waals surface area (Å²) in [4.78, 5) is 16.7. The van der Waals surface area contributed by atoms with Crippen LogP contribution in [0.3, 0.4) is 0 Å². The van der Waals surface area contributed by atoms with Crippen molar-refractivity contribution in [2.75, 3.05) is 31.9 Å². The summed E-state index contributed by atoms with van der Waals surface area (Å²) in [7, 11) is 0. The van der Waals surface area contributed by atoms with Crippen LogP contribution in [0.25, 0.3) is 0 Å². The second-order valence-electron chi connectivity index (χ2n) is 5.89. The lowest BCUT2D eigenvalue weighted by Gasteiger charge is -2.30. The van der Waals surface area contributed by atoms with Crippen molar-refractivity contribution in [3.8, 4) is 0 Å². The number of hydrogen-bond donors (Lipinski definition) is 1. The zero-order valence-corrected chi connectivity index (χ0v) is 13.1. The number of nitrogens with zero attached hydrogens (tertiary/aromatic N) is 2. The maximum atomic E-state index is 12.4. The maximum absolute atomic E-state index is 12.4. The molecular weight excluding hydrogens is 262 g/mol. The van der Waals surface area contributed by atoms with E-state index in [1.54, 1.807) is 0 Å². The van der Waals surface area contributed by atoms with Crippen molar-refractivity contribution in [1.82, 2.24) is 9.80 Å². The van der Waals surface area contributed by atoms with Gasteiger partial charge in [-0.25, -0.2) is 0 Å². The van der Waals surface area contributed by atoms with Crippen molar-refractivity contribution in [1.29, 1.82) is 0 Å². The van der Waals surface area contributed by atoms with Crippen molar-refractivity contribution in [3.63, 3.8) is 0 Å². The maximum Gasteiger partial charge on any atom is 0.236 e. The van der Waals surface area contributed by atoms with Gasteiger partial charge in [0.2, 0.25) is 5.91 Å². The minimum atomic E-state index is 0.276. The molecule has 1 fully saturated rings. The highest BCUT2D eigenvalue weighted by Gasteiger charge is 2.19. The fraction of sp³-hybridized carbons (Fsp3) is 0.588. The third-order valence-electron chi connectivity index (χ3n) is 3.99. The summed E-state index contributed by atoms with van der Waals surface area (Å²) in [6, 6.07) is 7.94. The normalized spacial score (nSPS) is 15.4. The summed E-state index contributed by atoms with van der Waals surface area (Å²) in [6.45, 7) is 6.30. The predicted molar refractivity (Wildman–Crippen MR) is 86.9 cm³/mol. The van der Waals surface area contributed by atoms with Gasteiger partial charge in [-0.05, 0) is 49.9 Å². The van der Waals surface area contributed by atoms with E-state index in [1.807, 2.05) is 29.2 Å². The molecule has 1 saturated heterocycles. The van der Waals surface area contributed by atoms with Crippen molar-refractivity contribution < 1.29 is 4.79 Å². The third-order valence-corrected chi connectivity index (χ3v) is 3.99. The van der Waals surface area contributed by atoms with Gasteiger partial charge in [-0.2, -0.15) is 0 Å². The molecule has 21 heavy (non-hydrogen) atoms. The monoisotopic (exact) mass is 289 g/mol. The van der Waals surface area contributed by atoms with E-state index in [2.05, 4.69) is 11.8 Å². The van der Waals surface area contributed by atoms with Gasteiger partial charge in [-0.3, -0.25) is 9.69 Å². The number of anilines is 1. The lowest BCUT2D eigenvalue weighted by atomic mass is 10.1. The summed E-state index contributed by atoms with van der Waals surface area (Å²) in [6.07, 6.45) is 4.62. The first-order valence-electron chi connectivity index (χ1n) is 8.03. The van der Waals surface area contributed by atoms with Crippen LogP contribution in [0.2, 0.25) is 0 Å². The molecule has 1 amide bonds. The number of benzene rings is 1. The van der Waals surface area contributed by atoms with Gasteiger partial charge in [-0.15, -0.1) is 0 Å². The number of rotatable bonds is 6. The SMILES string of the molecule is CCCN(CC(=O)N1CCCCC1)Cc1ccc(N)cc1. The van der Waals surface area contributed by atoms with E-state index >= 15 is 0 Å². The molecule has 116 valence electrons. The van der Waals surface area contributed by atoms with Crippen LogP contribution in [0.4, 0.5) is 5.69 Å². The zero-order valence-electron chi connectivity index (χ0n) is 13.1. The molecule has 2 N–H and O–H groups in total. The number of amides is 1. The Morgan fingerprint density at radius 1 is 1.19 bits per heavy atom. The number of nitrogens with two attached hydrogens (primary N) is 1. The minimum Gasteiger partial charge on any atom is -0.399 e. The zero-order chi connectivity index (χ0) is 15.1. The predicted octanol–water partition coefficient (Wildman–Crippen LogP) is 2.49. The van der Waals surface area contributed by atoms with E-state index in [1.165, 1.54) is 12.0 Å². The summed E-state index contributed by atoms with van der Waals surface area (Å²) < 4.78 is 0. The average molecular weight is 289 g/mol. The number of hydrogen-bond acceptors (Lipinski definition) is 3. The Morgan fingerprint density at radius 2 is 1.86 bits per heavy atom. The topological polar surface area (TPSA) is 49.6 Å². The lowest BCUT2D eigenvalue weighted by molar-refractivity contribution is -0.133. The van der Waals surface area contributed by atoms with E-state index in [0.717, 1.165) is 51.1 Å². The van der Waals surface area contributed by atoms with Crippen LogP contribution < -0.4 is 5.73 Å². The molecule has 0 spiro atoms. The van der Waals surface area contributed by atoms with Crippen LogP contribution in [0, 0.1) is 0 Å². The fourth-order valence-electron chi connectivity index (χ4n) is 2.85. The molecule has 0 atom stereocenters. The van der Waals surface area contributed by atoms with Crippen molar-refractivity contribution >= 4 is 11.6 Å².